The van der Waals surface area contributed by atoms with Crippen LogP contribution < -0.4 is 5.73 Å². The van der Waals surface area contributed by atoms with Crippen LogP contribution in [-0.4, -0.2) is 42.2 Å². The minimum atomic E-state index is -2.49. The van der Waals surface area contributed by atoms with Crippen LogP contribution in [-0.2, 0) is 4.74 Å². The highest BCUT2D eigenvalue weighted by atomic mass is 19.3. The number of hydrogen-bond donors (Lipinski definition) is 1. The summed E-state index contributed by atoms with van der Waals surface area (Å²) < 4.78 is 29.5. The summed E-state index contributed by atoms with van der Waals surface area (Å²) >= 11 is 0. The highest BCUT2D eigenvalue weighted by Crippen LogP contribution is 2.24. The van der Waals surface area contributed by atoms with Gasteiger partial charge in [0.05, 0.1) is 6.04 Å². The summed E-state index contributed by atoms with van der Waals surface area (Å²) in [7, 11) is 0. The van der Waals surface area contributed by atoms with Gasteiger partial charge in [-0.1, -0.05) is 0 Å². The van der Waals surface area contributed by atoms with Gasteiger partial charge in [-0.3, -0.25) is 0 Å². The van der Waals surface area contributed by atoms with E-state index in [1.54, 1.807) is 20.8 Å². The standard InChI is InChI=1S/C11H20F2N2O2/c1-11(2,3)17-10(16)15-5-7(6-15)4-8(14)9(12)13/h7-9H,4-6,14H2,1-3H3. The second-order valence-electron chi connectivity index (χ2n) is 5.49. The third-order valence-corrected chi connectivity index (χ3v) is 2.54. The first kappa shape index (κ1) is 14.2. The largest absolute Gasteiger partial charge is 0.444 e. The number of hydrogen-bond acceptors (Lipinski definition) is 3. The Balaban J connectivity index is 2.25. The molecule has 1 saturated heterocycles. The molecule has 6 heteroatoms. The number of alkyl halides is 2. The summed E-state index contributed by atoms with van der Waals surface area (Å²) in [6, 6.07) is -1.10. The minimum Gasteiger partial charge on any atom is -0.444 e. The average molecular weight is 250 g/mol. The van der Waals surface area contributed by atoms with E-state index in [0.717, 1.165) is 0 Å². The first-order valence-electron chi connectivity index (χ1n) is 5.70. The Labute approximate surface area is 100 Å². The van der Waals surface area contributed by atoms with Crippen LogP contribution in [0.15, 0.2) is 0 Å². The SMILES string of the molecule is CC(C)(C)OC(=O)N1CC(CC(N)C(F)F)C1. The summed E-state index contributed by atoms with van der Waals surface area (Å²) in [6.07, 6.45) is -2.64. The van der Waals surface area contributed by atoms with Gasteiger partial charge in [0.2, 0.25) is 0 Å². The Morgan fingerprint density at radius 1 is 1.47 bits per heavy atom. The zero-order valence-electron chi connectivity index (χ0n) is 10.5. The number of carbonyl (C=O) groups is 1. The summed E-state index contributed by atoms with van der Waals surface area (Å²) in [4.78, 5) is 13.0. The first-order valence-corrected chi connectivity index (χ1v) is 5.70. The van der Waals surface area contributed by atoms with Crippen molar-refractivity contribution in [1.82, 2.24) is 4.90 Å². The van der Waals surface area contributed by atoms with Crippen molar-refractivity contribution in [2.75, 3.05) is 13.1 Å². The zero-order valence-corrected chi connectivity index (χ0v) is 10.5. The van der Waals surface area contributed by atoms with Crippen LogP contribution in [0.3, 0.4) is 0 Å². The lowest BCUT2D eigenvalue weighted by Crippen LogP contribution is -2.53. The molecule has 2 N–H and O–H groups in total. The first-order chi connectivity index (χ1) is 7.69. The highest BCUT2D eigenvalue weighted by molar-refractivity contribution is 5.69. The Morgan fingerprint density at radius 3 is 2.41 bits per heavy atom. The van der Waals surface area contributed by atoms with E-state index in [4.69, 9.17) is 10.5 Å². The lowest BCUT2D eigenvalue weighted by molar-refractivity contribution is -0.00666. The lowest BCUT2D eigenvalue weighted by atomic mass is 9.93. The molecule has 0 aromatic carbocycles. The van der Waals surface area contributed by atoms with Crippen LogP contribution in [0.4, 0.5) is 13.6 Å². The van der Waals surface area contributed by atoms with Crippen LogP contribution in [0, 0.1) is 5.92 Å². The van der Waals surface area contributed by atoms with Gasteiger partial charge >= 0.3 is 6.09 Å². The fourth-order valence-electron chi connectivity index (χ4n) is 1.68. The van der Waals surface area contributed by atoms with Crippen molar-refractivity contribution in [3.8, 4) is 0 Å². The van der Waals surface area contributed by atoms with E-state index in [0.29, 0.717) is 13.1 Å². The van der Waals surface area contributed by atoms with Crippen LogP contribution >= 0.6 is 0 Å². The molecule has 0 aliphatic carbocycles. The van der Waals surface area contributed by atoms with E-state index in [-0.39, 0.29) is 18.4 Å². The number of rotatable bonds is 3. The predicted octanol–water partition coefficient (Wildman–Crippen LogP) is 1.84. The van der Waals surface area contributed by atoms with Gasteiger partial charge in [-0.15, -0.1) is 0 Å². The van der Waals surface area contributed by atoms with Gasteiger partial charge in [-0.05, 0) is 33.1 Å². The van der Waals surface area contributed by atoms with E-state index in [2.05, 4.69) is 0 Å². The molecule has 1 atom stereocenters. The van der Waals surface area contributed by atoms with E-state index >= 15 is 0 Å². The molecule has 1 rings (SSSR count). The van der Waals surface area contributed by atoms with Crippen molar-refractivity contribution in [3.63, 3.8) is 0 Å². The van der Waals surface area contributed by atoms with E-state index < -0.39 is 18.1 Å². The number of carbonyl (C=O) groups excluding carboxylic acids is 1. The quantitative estimate of drug-likeness (QED) is 0.831. The van der Waals surface area contributed by atoms with Crippen LogP contribution in [0.1, 0.15) is 27.2 Å². The normalized spacial score (nSPS) is 19.1. The molecule has 0 radical (unpaired) electrons. The highest BCUT2D eigenvalue weighted by Gasteiger charge is 2.35. The molecule has 0 bridgehead atoms. The maximum absolute atomic E-state index is 12.2. The topological polar surface area (TPSA) is 55.6 Å². The van der Waals surface area contributed by atoms with Crippen molar-refractivity contribution in [2.24, 2.45) is 11.7 Å². The fraction of sp³-hybridized carbons (Fsp3) is 0.909. The molecular formula is C11H20F2N2O2. The van der Waals surface area contributed by atoms with Crippen LogP contribution in [0.2, 0.25) is 0 Å². The maximum Gasteiger partial charge on any atom is 0.410 e. The number of halogens is 2. The lowest BCUT2D eigenvalue weighted by Gasteiger charge is -2.40. The van der Waals surface area contributed by atoms with Gasteiger partial charge in [-0.25, -0.2) is 13.6 Å². The molecular weight excluding hydrogens is 230 g/mol. The summed E-state index contributed by atoms with van der Waals surface area (Å²) in [6.45, 7) is 6.27. The number of likely N-dealkylation sites (tertiary alicyclic amines) is 1. The second-order valence-corrected chi connectivity index (χ2v) is 5.49. The molecule has 0 aromatic rings. The number of amides is 1. The monoisotopic (exact) mass is 250 g/mol. The van der Waals surface area contributed by atoms with Crippen molar-refractivity contribution in [3.05, 3.63) is 0 Å². The summed E-state index contributed by atoms with van der Waals surface area (Å²) in [5.74, 6) is 0.0616. The Morgan fingerprint density at radius 2 is 2.00 bits per heavy atom. The molecule has 100 valence electrons. The van der Waals surface area contributed by atoms with Crippen molar-refractivity contribution < 1.29 is 18.3 Å². The fourth-order valence-corrected chi connectivity index (χ4v) is 1.68. The van der Waals surface area contributed by atoms with Gasteiger partial charge in [0, 0.05) is 13.1 Å². The van der Waals surface area contributed by atoms with Crippen molar-refractivity contribution in [1.29, 1.82) is 0 Å². The van der Waals surface area contributed by atoms with Crippen LogP contribution in [0.5, 0.6) is 0 Å². The van der Waals surface area contributed by atoms with E-state index in [1.165, 1.54) is 4.90 Å². The Hall–Kier alpha value is -0.910. The smallest absolute Gasteiger partial charge is 0.410 e. The molecule has 1 heterocycles. The number of ether oxygens (including phenoxy) is 1. The maximum atomic E-state index is 12.2. The number of nitrogens with two attached hydrogens (primary N) is 1. The molecule has 0 aromatic heterocycles. The second kappa shape index (κ2) is 5.16. The molecule has 1 aliphatic rings. The van der Waals surface area contributed by atoms with Crippen molar-refractivity contribution >= 4 is 6.09 Å². The van der Waals surface area contributed by atoms with E-state index in [1.807, 2.05) is 0 Å². The van der Waals surface area contributed by atoms with Crippen LogP contribution in [0.25, 0.3) is 0 Å². The predicted molar refractivity (Wildman–Crippen MR) is 59.9 cm³/mol. The van der Waals surface area contributed by atoms with Crippen molar-refractivity contribution in [2.45, 2.75) is 45.3 Å². The molecule has 1 fully saturated rings. The molecule has 4 nitrogen and oxygen atoms in total. The van der Waals surface area contributed by atoms with Gasteiger partial charge in [0.25, 0.3) is 6.43 Å². The average Bonchev–Trinajstić information content (AvgIpc) is 2.06. The third-order valence-electron chi connectivity index (χ3n) is 2.54. The molecule has 1 amide bonds. The number of nitrogens with zero attached hydrogens (tertiary/aromatic N) is 1. The zero-order chi connectivity index (χ0) is 13.2. The van der Waals surface area contributed by atoms with Gasteiger partial charge in [-0.2, -0.15) is 0 Å². The molecule has 17 heavy (non-hydrogen) atoms. The molecule has 1 unspecified atom stereocenters. The minimum absolute atomic E-state index is 0.0616. The third kappa shape index (κ3) is 4.46. The summed E-state index contributed by atoms with van der Waals surface area (Å²) in [5.41, 5.74) is 4.74. The Bertz CT molecular complexity index is 273. The van der Waals surface area contributed by atoms with E-state index in [9.17, 15) is 13.6 Å². The molecule has 0 spiro atoms. The summed E-state index contributed by atoms with van der Waals surface area (Å²) in [5, 5.41) is 0. The molecule has 1 aliphatic heterocycles. The van der Waals surface area contributed by atoms with Gasteiger partial charge in [0.1, 0.15) is 5.60 Å². The van der Waals surface area contributed by atoms with Gasteiger partial charge < -0.3 is 15.4 Å². The molecule has 0 saturated carbocycles. The van der Waals surface area contributed by atoms with Gasteiger partial charge in [0.15, 0.2) is 0 Å². The Kier molecular flexibility index (Phi) is 4.30.